The Bertz CT molecular complexity index is 553. The van der Waals surface area contributed by atoms with Crippen molar-refractivity contribution in [3.05, 3.63) is 30.1 Å². The molecule has 0 aromatic carbocycles. The Labute approximate surface area is 113 Å². The second-order valence-electron chi connectivity index (χ2n) is 5.73. The highest BCUT2D eigenvalue weighted by Gasteiger charge is 2.51. The standard InChI is InChI=1S/C13H18N2O3S/c1-19(16,17)15-8-13(9-15)6-12(18-10-13)5-11-3-2-4-14-7-11/h2-4,7,12H,5-6,8-10H2,1H3/t12-/m0/s1. The number of rotatable bonds is 3. The first kappa shape index (κ1) is 13.0. The van der Waals surface area contributed by atoms with Gasteiger partial charge in [-0.2, -0.15) is 0 Å². The lowest BCUT2D eigenvalue weighted by Crippen LogP contribution is -2.58. The van der Waals surface area contributed by atoms with Crippen molar-refractivity contribution in [2.45, 2.75) is 18.9 Å². The number of nitrogens with zero attached hydrogens (tertiary/aromatic N) is 2. The van der Waals surface area contributed by atoms with Crippen LogP contribution in [-0.2, 0) is 21.2 Å². The summed E-state index contributed by atoms with van der Waals surface area (Å²) in [5.41, 5.74) is 1.22. The van der Waals surface area contributed by atoms with Crippen molar-refractivity contribution in [1.82, 2.24) is 9.29 Å². The van der Waals surface area contributed by atoms with Gasteiger partial charge in [-0.1, -0.05) is 6.07 Å². The normalized spacial score (nSPS) is 26.5. The molecule has 1 aromatic heterocycles. The molecule has 2 aliphatic heterocycles. The van der Waals surface area contributed by atoms with Crippen molar-refractivity contribution < 1.29 is 13.2 Å². The topological polar surface area (TPSA) is 59.5 Å². The molecule has 0 unspecified atom stereocenters. The van der Waals surface area contributed by atoms with Gasteiger partial charge in [0, 0.05) is 37.3 Å². The fraction of sp³-hybridized carbons (Fsp3) is 0.615. The Morgan fingerprint density at radius 3 is 2.95 bits per heavy atom. The predicted octanol–water partition coefficient (Wildman–Crippen LogP) is 0.675. The molecular formula is C13H18N2O3S. The first-order chi connectivity index (χ1) is 8.97. The zero-order chi connectivity index (χ0) is 13.5. The summed E-state index contributed by atoms with van der Waals surface area (Å²) >= 11 is 0. The zero-order valence-corrected chi connectivity index (χ0v) is 11.8. The van der Waals surface area contributed by atoms with Gasteiger partial charge < -0.3 is 4.74 Å². The molecule has 0 amide bonds. The molecule has 6 heteroatoms. The Morgan fingerprint density at radius 2 is 2.32 bits per heavy atom. The molecule has 1 atom stereocenters. The Morgan fingerprint density at radius 1 is 1.53 bits per heavy atom. The molecule has 0 N–H and O–H groups in total. The average molecular weight is 282 g/mol. The largest absolute Gasteiger partial charge is 0.377 e. The summed E-state index contributed by atoms with van der Waals surface area (Å²) in [6.07, 6.45) is 6.87. The van der Waals surface area contributed by atoms with Crippen LogP contribution in [0.1, 0.15) is 12.0 Å². The average Bonchev–Trinajstić information content (AvgIpc) is 2.71. The number of sulfonamides is 1. The fourth-order valence-electron chi connectivity index (χ4n) is 2.97. The van der Waals surface area contributed by atoms with Gasteiger partial charge in [-0.15, -0.1) is 0 Å². The summed E-state index contributed by atoms with van der Waals surface area (Å²) in [4.78, 5) is 4.10. The first-order valence-corrected chi connectivity index (χ1v) is 8.27. The quantitative estimate of drug-likeness (QED) is 0.818. The molecule has 3 heterocycles. The van der Waals surface area contributed by atoms with Crippen LogP contribution >= 0.6 is 0 Å². The molecule has 2 aliphatic rings. The number of hydrogen-bond acceptors (Lipinski definition) is 4. The lowest BCUT2D eigenvalue weighted by atomic mass is 9.79. The minimum Gasteiger partial charge on any atom is -0.377 e. The number of pyridine rings is 1. The van der Waals surface area contributed by atoms with Crippen molar-refractivity contribution in [3.63, 3.8) is 0 Å². The fourth-order valence-corrected chi connectivity index (χ4v) is 3.98. The van der Waals surface area contributed by atoms with E-state index in [1.165, 1.54) is 16.1 Å². The number of ether oxygens (including phenoxy) is 1. The van der Waals surface area contributed by atoms with E-state index in [1.807, 2.05) is 18.3 Å². The number of aromatic nitrogens is 1. The third-order valence-electron chi connectivity index (χ3n) is 3.96. The summed E-state index contributed by atoms with van der Waals surface area (Å²) < 4.78 is 30.2. The maximum atomic E-state index is 11.4. The zero-order valence-electron chi connectivity index (χ0n) is 10.9. The van der Waals surface area contributed by atoms with Crippen LogP contribution in [0, 0.1) is 5.41 Å². The molecule has 104 valence electrons. The van der Waals surface area contributed by atoms with Gasteiger partial charge in [0.2, 0.25) is 10.0 Å². The van der Waals surface area contributed by atoms with Crippen molar-refractivity contribution in [2.75, 3.05) is 26.0 Å². The van der Waals surface area contributed by atoms with Crippen LogP contribution in [0.3, 0.4) is 0 Å². The minimum absolute atomic E-state index is 0.0515. The van der Waals surface area contributed by atoms with Crippen LogP contribution in [0.2, 0.25) is 0 Å². The summed E-state index contributed by atoms with van der Waals surface area (Å²) in [5, 5.41) is 0. The molecule has 19 heavy (non-hydrogen) atoms. The van der Waals surface area contributed by atoms with Crippen LogP contribution in [0.25, 0.3) is 0 Å². The predicted molar refractivity (Wildman–Crippen MR) is 71.1 cm³/mol. The van der Waals surface area contributed by atoms with Gasteiger partial charge in [0.15, 0.2) is 0 Å². The summed E-state index contributed by atoms with van der Waals surface area (Å²) in [5.74, 6) is 0. The molecule has 5 nitrogen and oxygen atoms in total. The van der Waals surface area contributed by atoms with Crippen molar-refractivity contribution in [2.24, 2.45) is 5.41 Å². The van der Waals surface area contributed by atoms with Gasteiger partial charge in [0.25, 0.3) is 0 Å². The molecule has 0 bridgehead atoms. The van der Waals surface area contributed by atoms with Crippen LogP contribution in [0.5, 0.6) is 0 Å². The molecule has 1 spiro atoms. The smallest absolute Gasteiger partial charge is 0.211 e. The Hall–Kier alpha value is -0.980. The van der Waals surface area contributed by atoms with E-state index in [9.17, 15) is 8.42 Å². The SMILES string of the molecule is CS(=O)(=O)N1CC2(CO[C@@H](Cc3cccnc3)C2)C1. The van der Waals surface area contributed by atoms with Gasteiger partial charge in [-0.3, -0.25) is 4.98 Å². The second-order valence-corrected chi connectivity index (χ2v) is 7.72. The van der Waals surface area contributed by atoms with E-state index < -0.39 is 10.0 Å². The van der Waals surface area contributed by atoms with Gasteiger partial charge in [-0.05, 0) is 18.1 Å². The van der Waals surface area contributed by atoms with Crippen molar-refractivity contribution >= 4 is 10.0 Å². The third-order valence-corrected chi connectivity index (χ3v) is 5.16. The van der Waals surface area contributed by atoms with Crippen molar-refractivity contribution in [3.8, 4) is 0 Å². The van der Waals surface area contributed by atoms with Crippen LogP contribution in [0.4, 0.5) is 0 Å². The summed E-state index contributed by atoms with van der Waals surface area (Å²) in [6.45, 7) is 1.88. The highest BCUT2D eigenvalue weighted by Crippen LogP contribution is 2.42. The van der Waals surface area contributed by atoms with E-state index in [-0.39, 0.29) is 11.5 Å². The van der Waals surface area contributed by atoms with Gasteiger partial charge in [0.05, 0.1) is 19.0 Å². The van der Waals surface area contributed by atoms with Crippen molar-refractivity contribution in [1.29, 1.82) is 0 Å². The third kappa shape index (κ3) is 2.66. The molecule has 2 saturated heterocycles. The maximum Gasteiger partial charge on any atom is 0.211 e. The van der Waals surface area contributed by atoms with Gasteiger partial charge in [-0.25, -0.2) is 12.7 Å². The lowest BCUT2D eigenvalue weighted by molar-refractivity contribution is 0.0426. The van der Waals surface area contributed by atoms with E-state index in [0.717, 1.165) is 12.8 Å². The number of hydrogen-bond donors (Lipinski definition) is 0. The lowest BCUT2D eigenvalue weighted by Gasteiger charge is -2.45. The maximum absolute atomic E-state index is 11.4. The molecule has 0 saturated carbocycles. The van der Waals surface area contributed by atoms with E-state index in [0.29, 0.717) is 19.7 Å². The summed E-state index contributed by atoms with van der Waals surface area (Å²) in [6, 6.07) is 3.97. The Kier molecular flexibility index (Phi) is 3.11. The van der Waals surface area contributed by atoms with E-state index in [1.54, 1.807) is 6.20 Å². The summed E-state index contributed by atoms with van der Waals surface area (Å²) in [7, 11) is -3.04. The molecule has 3 rings (SSSR count). The van der Waals surface area contributed by atoms with E-state index in [2.05, 4.69) is 4.98 Å². The highest BCUT2D eigenvalue weighted by atomic mass is 32.2. The van der Waals surface area contributed by atoms with E-state index >= 15 is 0 Å². The molecule has 0 radical (unpaired) electrons. The molecular weight excluding hydrogens is 264 g/mol. The molecule has 0 aliphatic carbocycles. The first-order valence-electron chi connectivity index (χ1n) is 6.43. The van der Waals surface area contributed by atoms with Crippen LogP contribution in [0.15, 0.2) is 24.5 Å². The monoisotopic (exact) mass is 282 g/mol. The minimum atomic E-state index is -3.04. The van der Waals surface area contributed by atoms with E-state index in [4.69, 9.17) is 4.74 Å². The van der Waals surface area contributed by atoms with Gasteiger partial charge >= 0.3 is 0 Å². The van der Waals surface area contributed by atoms with Crippen LogP contribution in [-0.4, -0.2) is 49.8 Å². The van der Waals surface area contributed by atoms with Gasteiger partial charge in [0.1, 0.15) is 0 Å². The van der Waals surface area contributed by atoms with Crippen LogP contribution < -0.4 is 0 Å². The Balaban J connectivity index is 1.57. The second kappa shape index (κ2) is 4.54. The molecule has 1 aromatic rings. The molecule has 2 fully saturated rings. The highest BCUT2D eigenvalue weighted by molar-refractivity contribution is 7.88.